The average Bonchev–Trinajstić information content (AvgIpc) is 3.33. The summed E-state index contributed by atoms with van der Waals surface area (Å²) < 4.78 is 0.483. The summed E-state index contributed by atoms with van der Waals surface area (Å²) in [6, 6.07) is 8.25. The Balaban J connectivity index is 1.49. The molecule has 1 saturated heterocycles. The number of benzene rings is 1. The predicted octanol–water partition coefficient (Wildman–Crippen LogP) is 2.34. The number of hydrogen-bond donors (Lipinski definition) is 2. The number of rotatable bonds is 4. The maximum absolute atomic E-state index is 13.1. The molecule has 3 heterocycles. The van der Waals surface area contributed by atoms with Crippen molar-refractivity contribution < 1.29 is 19.5 Å². The third-order valence-electron chi connectivity index (χ3n) is 5.69. The van der Waals surface area contributed by atoms with Gasteiger partial charge in [-0.05, 0) is 48.9 Å². The maximum Gasteiger partial charge on any atom is 0.310 e. The molecular weight excluding hydrogens is 426 g/mol. The first-order valence-corrected chi connectivity index (χ1v) is 10.9. The molecule has 1 fully saturated rings. The standard InChI is InChI=1S/C21H22ClN3O4S/c1-24-7-6-12-8-13(2-3-14(12)9-24)20(27)25-10-15(21(28)29)16(11-25)23-19(26)17-4-5-18(22)30-17/h2-5,8,15-16H,6-7,9-11H2,1H3,(H,23,26)(H,28,29)/t15-,16+/m0/s1. The van der Waals surface area contributed by atoms with E-state index in [9.17, 15) is 19.5 Å². The quantitative estimate of drug-likeness (QED) is 0.750. The third-order valence-corrected chi connectivity index (χ3v) is 6.92. The van der Waals surface area contributed by atoms with Gasteiger partial charge in [0.2, 0.25) is 0 Å². The number of hydrogen-bond acceptors (Lipinski definition) is 5. The topological polar surface area (TPSA) is 90.0 Å². The summed E-state index contributed by atoms with van der Waals surface area (Å²) in [4.78, 5) is 41.4. The maximum atomic E-state index is 13.1. The summed E-state index contributed by atoms with van der Waals surface area (Å²) in [5.41, 5.74) is 2.93. The van der Waals surface area contributed by atoms with Crippen LogP contribution in [0.15, 0.2) is 30.3 Å². The number of thiophene rings is 1. The van der Waals surface area contributed by atoms with Crippen molar-refractivity contribution in [1.82, 2.24) is 15.1 Å². The normalized spacial score (nSPS) is 21.3. The second-order valence-corrected chi connectivity index (χ2v) is 9.52. The van der Waals surface area contributed by atoms with E-state index in [4.69, 9.17) is 11.6 Å². The smallest absolute Gasteiger partial charge is 0.310 e. The van der Waals surface area contributed by atoms with Crippen LogP contribution in [0.1, 0.15) is 31.2 Å². The molecule has 0 unspecified atom stereocenters. The van der Waals surface area contributed by atoms with Crippen LogP contribution in [-0.2, 0) is 17.8 Å². The van der Waals surface area contributed by atoms with Crippen molar-refractivity contribution in [3.63, 3.8) is 0 Å². The van der Waals surface area contributed by atoms with E-state index < -0.39 is 17.9 Å². The van der Waals surface area contributed by atoms with Crippen LogP contribution in [-0.4, -0.2) is 65.4 Å². The van der Waals surface area contributed by atoms with Gasteiger partial charge in [-0.2, -0.15) is 0 Å². The first kappa shape index (κ1) is 20.8. The summed E-state index contributed by atoms with van der Waals surface area (Å²) in [7, 11) is 2.07. The summed E-state index contributed by atoms with van der Waals surface area (Å²) in [6.45, 7) is 2.01. The lowest BCUT2D eigenvalue weighted by atomic mass is 9.97. The Kier molecular flexibility index (Phi) is 5.81. The summed E-state index contributed by atoms with van der Waals surface area (Å²) >= 11 is 7.01. The van der Waals surface area contributed by atoms with Gasteiger partial charge in [-0.3, -0.25) is 14.4 Å². The fourth-order valence-electron chi connectivity index (χ4n) is 4.05. The molecule has 2 amide bonds. The molecule has 2 aliphatic rings. The number of carbonyl (C=O) groups excluding carboxylic acids is 2. The third kappa shape index (κ3) is 4.21. The molecule has 158 valence electrons. The van der Waals surface area contributed by atoms with Crippen LogP contribution in [0.25, 0.3) is 0 Å². The number of carbonyl (C=O) groups is 3. The van der Waals surface area contributed by atoms with Crippen LogP contribution >= 0.6 is 22.9 Å². The van der Waals surface area contributed by atoms with E-state index in [2.05, 4.69) is 17.3 Å². The van der Waals surface area contributed by atoms with Crippen molar-refractivity contribution in [2.45, 2.75) is 19.0 Å². The predicted molar refractivity (Wildman–Crippen MR) is 114 cm³/mol. The number of likely N-dealkylation sites (tertiary alicyclic amines) is 1. The van der Waals surface area contributed by atoms with Crippen LogP contribution in [0.4, 0.5) is 0 Å². The number of likely N-dealkylation sites (N-methyl/N-ethyl adjacent to an activating group) is 1. The molecule has 7 nitrogen and oxygen atoms in total. The molecule has 2 aliphatic heterocycles. The zero-order chi connectivity index (χ0) is 21.4. The Morgan fingerprint density at radius 3 is 2.67 bits per heavy atom. The van der Waals surface area contributed by atoms with Crippen molar-refractivity contribution in [2.75, 3.05) is 26.7 Å². The fraction of sp³-hybridized carbons (Fsp3) is 0.381. The van der Waals surface area contributed by atoms with Gasteiger partial charge in [0, 0.05) is 31.7 Å². The molecule has 30 heavy (non-hydrogen) atoms. The molecule has 1 aromatic carbocycles. The molecular formula is C21H22ClN3O4S. The number of nitrogens with zero attached hydrogens (tertiary/aromatic N) is 2. The van der Waals surface area contributed by atoms with Gasteiger partial charge >= 0.3 is 5.97 Å². The molecule has 2 aromatic rings. The minimum absolute atomic E-state index is 0.0597. The molecule has 4 rings (SSSR count). The zero-order valence-electron chi connectivity index (χ0n) is 16.4. The lowest BCUT2D eigenvalue weighted by Gasteiger charge is -2.25. The SMILES string of the molecule is CN1CCc2cc(C(=O)N3C[C@H](C(=O)O)[C@H](NC(=O)c4ccc(Cl)s4)C3)ccc2C1. The Hall–Kier alpha value is -2.42. The lowest BCUT2D eigenvalue weighted by molar-refractivity contribution is -0.141. The van der Waals surface area contributed by atoms with Gasteiger partial charge in [0.25, 0.3) is 11.8 Å². The molecule has 0 aliphatic carbocycles. The van der Waals surface area contributed by atoms with E-state index in [0.717, 1.165) is 36.4 Å². The van der Waals surface area contributed by atoms with Gasteiger partial charge in [-0.25, -0.2) is 0 Å². The fourth-order valence-corrected chi connectivity index (χ4v) is 5.00. The van der Waals surface area contributed by atoms with Crippen molar-refractivity contribution in [1.29, 1.82) is 0 Å². The van der Waals surface area contributed by atoms with Gasteiger partial charge in [0.1, 0.15) is 0 Å². The summed E-state index contributed by atoms with van der Waals surface area (Å²) in [5.74, 6) is -2.48. The van der Waals surface area contributed by atoms with E-state index in [1.807, 2.05) is 12.1 Å². The summed E-state index contributed by atoms with van der Waals surface area (Å²) in [5, 5.41) is 12.4. The van der Waals surface area contributed by atoms with Crippen LogP contribution < -0.4 is 5.32 Å². The average molecular weight is 448 g/mol. The highest BCUT2D eigenvalue weighted by Crippen LogP contribution is 2.25. The molecule has 9 heteroatoms. The number of carboxylic acid groups (broad SMARTS) is 1. The number of nitrogens with one attached hydrogen (secondary N) is 1. The molecule has 0 spiro atoms. The monoisotopic (exact) mass is 447 g/mol. The number of carboxylic acids is 1. The van der Waals surface area contributed by atoms with Crippen molar-refractivity contribution in [3.8, 4) is 0 Å². The Morgan fingerprint density at radius 2 is 1.97 bits per heavy atom. The molecule has 1 aromatic heterocycles. The van der Waals surface area contributed by atoms with Crippen molar-refractivity contribution in [2.24, 2.45) is 5.92 Å². The zero-order valence-corrected chi connectivity index (χ0v) is 18.0. The van der Waals surface area contributed by atoms with Gasteiger partial charge in [-0.1, -0.05) is 17.7 Å². The number of amides is 2. The minimum Gasteiger partial charge on any atom is -0.481 e. The molecule has 2 atom stereocenters. The van der Waals surface area contributed by atoms with Crippen LogP contribution in [0, 0.1) is 5.92 Å². The number of halogens is 1. The summed E-state index contributed by atoms with van der Waals surface area (Å²) in [6.07, 6.45) is 0.882. The molecule has 0 radical (unpaired) electrons. The van der Waals surface area contributed by atoms with Gasteiger partial charge in [0.15, 0.2) is 0 Å². The first-order valence-electron chi connectivity index (χ1n) is 9.70. The molecule has 0 saturated carbocycles. The van der Waals surface area contributed by atoms with Gasteiger partial charge < -0.3 is 20.2 Å². The molecule has 0 bridgehead atoms. The minimum atomic E-state index is -1.03. The highest BCUT2D eigenvalue weighted by Gasteiger charge is 2.41. The van der Waals surface area contributed by atoms with Gasteiger partial charge in [0.05, 0.1) is 21.2 Å². The van der Waals surface area contributed by atoms with Crippen LogP contribution in [0.2, 0.25) is 4.34 Å². The van der Waals surface area contributed by atoms with E-state index in [1.54, 1.807) is 18.2 Å². The van der Waals surface area contributed by atoms with Crippen molar-refractivity contribution >= 4 is 40.7 Å². The van der Waals surface area contributed by atoms with E-state index in [0.29, 0.717) is 14.8 Å². The van der Waals surface area contributed by atoms with Crippen LogP contribution in [0.5, 0.6) is 0 Å². The highest BCUT2D eigenvalue weighted by molar-refractivity contribution is 7.18. The van der Waals surface area contributed by atoms with E-state index in [-0.39, 0.29) is 24.9 Å². The Labute approximate surface area is 183 Å². The number of aliphatic carboxylic acids is 1. The van der Waals surface area contributed by atoms with E-state index in [1.165, 1.54) is 10.5 Å². The lowest BCUT2D eigenvalue weighted by Crippen LogP contribution is -2.43. The second-order valence-electron chi connectivity index (χ2n) is 7.81. The Bertz CT molecular complexity index is 1010. The molecule has 2 N–H and O–H groups in total. The Morgan fingerprint density at radius 1 is 1.17 bits per heavy atom. The number of fused-ring (bicyclic) bond motifs is 1. The van der Waals surface area contributed by atoms with E-state index >= 15 is 0 Å². The van der Waals surface area contributed by atoms with Crippen molar-refractivity contribution in [3.05, 3.63) is 56.2 Å². The van der Waals surface area contributed by atoms with Crippen LogP contribution in [0.3, 0.4) is 0 Å². The first-order chi connectivity index (χ1) is 14.3. The van der Waals surface area contributed by atoms with Gasteiger partial charge in [-0.15, -0.1) is 11.3 Å². The highest BCUT2D eigenvalue weighted by atomic mass is 35.5. The second kappa shape index (κ2) is 8.37. The largest absolute Gasteiger partial charge is 0.481 e.